The number of rotatable bonds is 3. The first-order chi connectivity index (χ1) is 7.86. The van der Waals surface area contributed by atoms with Gasteiger partial charge in [-0.05, 0) is 0 Å². The van der Waals surface area contributed by atoms with E-state index >= 15 is 0 Å². The quantitative estimate of drug-likeness (QED) is 0.794. The van der Waals surface area contributed by atoms with Crippen molar-refractivity contribution in [3.63, 3.8) is 0 Å². The third-order valence-electron chi connectivity index (χ3n) is 2.63. The lowest BCUT2D eigenvalue weighted by molar-refractivity contribution is -0.122. The minimum Gasteiger partial charge on any atom is -0.354 e. The second kappa shape index (κ2) is 7.03. The predicted octanol–water partition coefficient (Wildman–Crippen LogP) is 0.656. The molecule has 2 N–H and O–H groups in total. The van der Waals surface area contributed by atoms with E-state index in [0.29, 0.717) is 5.25 Å². The summed E-state index contributed by atoms with van der Waals surface area (Å²) >= 11 is 5.85. The van der Waals surface area contributed by atoms with Crippen LogP contribution in [0.5, 0.6) is 0 Å². The van der Waals surface area contributed by atoms with Gasteiger partial charge in [0.25, 0.3) is 0 Å². The van der Waals surface area contributed by atoms with E-state index in [-0.39, 0.29) is 11.9 Å². The Bertz CT molecular complexity index is 228. The highest BCUT2D eigenvalue weighted by Gasteiger charge is 2.22. The van der Waals surface area contributed by atoms with Crippen LogP contribution in [0.25, 0.3) is 0 Å². The van der Waals surface area contributed by atoms with E-state index in [1.165, 1.54) is 17.3 Å². The monoisotopic (exact) mass is 278 g/mol. The van der Waals surface area contributed by atoms with Crippen molar-refractivity contribution in [2.75, 3.05) is 41.9 Å². The molecule has 2 aliphatic heterocycles. The second-order valence-electron chi connectivity index (χ2n) is 3.89. The van der Waals surface area contributed by atoms with Gasteiger partial charge in [-0.3, -0.25) is 4.79 Å². The normalized spacial score (nSPS) is 31.0. The van der Waals surface area contributed by atoms with Crippen LogP contribution in [0.1, 0.15) is 0 Å². The van der Waals surface area contributed by atoms with E-state index < -0.39 is 0 Å². The largest absolute Gasteiger partial charge is 0.354 e. The van der Waals surface area contributed by atoms with Crippen LogP contribution >= 0.6 is 35.3 Å². The van der Waals surface area contributed by atoms with E-state index in [1.54, 1.807) is 0 Å². The Morgan fingerprint density at radius 3 is 2.81 bits per heavy atom. The molecule has 1 amide bonds. The molecule has 92 valence electrons. The molecule has 0 aromatic rings. The number of nitrogens with one attached hydrogen (secondary N) is 2. The highest BCUT2D eigenvalue weighted by molar-refractivity contribution is 8.06. The molecule has 2 unspecified atom stereocenters. The van der Waals surface area contributed by atoms with Crippen molar-refractivity contribution in [3.8, 4) is 0 Å². The van der Waals surface area contributed by atoms with Crippen LogP contribution in [0.4, 0.5) is 0 Å². The lowest BCUT2D eigenvalue weighted by atomic mass is 10.3. The molecule has 2 fully saturated rings. The molecule has 2 aliphatic rings. The van der Waals surface area contributed by atoms with Crippen molar-refractivity contribution in [3.05, 3.63) is 0 Å². The van der Waals surface area contributed by atoms with Crippen molar-refractivity contribution < 1.29 is 4.79 Å². The number of thioether (sulfide) groups is 3. The number of carbonyl (C=O) groups is 1. The molecule has 0 aliphatic carbocycles. The van der Waals surface area contributed by atoms with Crippen LogP contribution in [0.15, 0.2) is 0 Å². The van der Waals surface area contributed by atoms with E-state index in [2.05, 4.69) is 10.6 Å². The Hall–Kier alpha value is 0.480. The molecule has 2 atom stereocenters. The van der Waals surface area contributed by atoms with Gasteiger partial charge < -0.3 is 10.6 Å². The van der Waals surface area contributed by atoms with Gasteiger partial charge in [0.15, 0.2) is 0 Å². The highest BCUT2D eigenvalue weighted by atomic mass is 32.2. The van der Waals surface area contributed by atoms with Gasteiger partial charge in [-0.2, -0.15) is 35.3 Å². The molecule has 0 radical (unpaired) electrons. The first-order valence-corrected chi connectivity index (χ1v) is 9.00. The highest BCUT2D eigenvalue weighted by Crippen LogP contribution is 2.23. The Labute approximate surface area is 110 Å². The molecule has 2 rings (SSSR count). The fourth-order valence-corrected chi connectivity index (χ4v) is 5.27. The van der Waals surface area contributed by atoms with Gasteiger partial charge in [-0.1, -0.05) is 0 Å². The van der Waals surface area contributed by atoms with Crippen LogP contribution in [0.3, 0.4) is 0 Å². The summed E-state index contributed by atoms with van der Waals surface area (Å²) in [7, 11) is 0. The van der Waals surface area contributed by atoms with Gasteiger partial charge in [0.05, 0.1) is 6.04 Å². The van der Waals surface area contributed by atoms with Gasteiger partial charge in [-0.25, -0.2) is 0 Å². The van der Waals surface area contributed by atoms with Gasteiger partial charge in [0.1, 0.15) is 0 Å². The van der Waals surface area contributed by atoms with Crippen molar-refractivity contribution >= 4 is 41.2 Å². The van der Waals surface area contributed by atoms with E-state index in [4.69, 9.17) is 0 Å². The minimum absolute atomic E-state index is 0.0278. The fourth-order valence-electron chi connectivity index (χ4n) is 1.73. The summed E-state index contributed by atoms with van der Waals surface area (Å²) in [6, 6.07) is 0.0278. The molecular formula is C10H18N2OS3. The molecule has 2 heterocycles. The first kappa shape index (κ1) is 12.9. The minimum atomic E-state index is 0.0278. The van der Waals surface area contributed by atoms with E-state index in [1.807, 2.05) is 35.3 Å². The molecule has 0 aromatic carbocycles. The summed E-state index contributed by atoms with van der Waals surface area (Å²) in [4.78, 5) is 11.8. The molecule has 6 heteroatoms. The van der Waals surface area contributed by atoms with Crippen molar-refractivity contribution in [1.82, 2.24) is 10.6 Å². The smallest absolute Gasteiger partial charge is 0.238 e. The second-order valence-corrected chi connectivity index (χ2v) is 7.60. The van der Waals surface area contributed by atoms with Gasteiger partial charge in [-0.15, -0.1) is 0 Å². The number of amides is 1. The van der Waals surface area contributed by atoms with Crippen molar-refractivity contribution in [1.29, 1.82) is 0 Å². The molecule has 3 nitrogen and oxygen atoms in total. The Balaban J connectivity index is 1.65. The Morgan fingerprint density at radius 2 is 2.12 bits per heavy atom. The number of carbonyl (C=O) groups excluding carboxylic acids is 1. The molecule has 2 saturated heterocycles. The van der Waals surface area contributed by atoms with E-state index in [9.17, 15) is 4.79 Å². The zero-order valence-electron chi connectivity index (χ0n) is 9.24. The summed E-state index contributed by atoms with van der Waals surface area (Å²) in [5.74, 6) is 5.89. The zero-order chi connectivity index (χ0) is 11.2. The maximum Gasteiger partial charge on any atom is 0.238 e. The SMILES string of the molecule is O=C(NCC1CSCCS1)C1CSCCN1. The zero-order valence-corrected chi connectivity index (χ0v) is 11.7. The predicted molar refractivity (Wildman–Crippen MR) is 75.7 cm³/mol. The topological polar surface area (TPSA) is 41.1 Å². The van der Waals surface area contributed by atoms with Crippen molar-refractivity contribution in [2.24, 2.45) is 0 Å². The molecule has 0 saturated carbocycles. The van der Waals surface area contributed by atoms with Crippen LogP contribution in [-0.4, -0.2) is 59.1 Å². The standard InChI is InChI=1S/C10H18N2OS3/c13-10(9-7-14-2-1-11-9)12-5-8-6-15-3-4-16-8/h8-9,11H,1-7H2,(H,12,13). The summed E-state index contributed by atoms with van der Waals surface area (Å²) in [5, 5.41) is 6.94. The van der Waals surface area contributed by atoms with Gasteiger partial charge >= 0.3 is 0 Å². The maximum absolute atomic E-state index is 11.8. The fraction of sp³-hybridized carbons (Fsp3) is 0.900. The van der Waals surface area contributed by atoms with Crippen LogP contribution in [0, 0.1) is 0 Å². The molecular weight excluding hydrogens is 260 g/mol. The molecule has 0 aromatic heterocycles. The van der Waals surface area contributed by atoms with Gasteiger partial charge in [0, 0.05) is 47.1 Å². The summed E-state index contributed by atoms with van der Waals surface area (Å²) < 4.78 is 0. The lowest BCUT2D eigenvalue weighted by Gasteiger charge is -2.25. The van der Waals surface area contributed by atoms with Crippen LogP contribution in [0.2, 0.25) is 0 Å². The lowest BCUT2D eigenvalue weighted by Crippen LogP contribution is -2.50. The maximum atomic E-state index is 11.8. The van der Waals surface area contributed by atoms with Crippen LogP contribution in [-0.2, 0) is 4.79 Å². The Morgan fingerprint density at radius 1 is 1.25 bits per heavy atom. The number of hydrogen-bond acceptors (Lipinski definition) is 5. The third-order valence-corrected chi connectivity index (χ3v) is 6.53. The van der Waals surface area contributed by atoms with E-state index in [0.717, 1.165) is 24.6 Å². The number of hydrogen-bond donors (Lipinski definition) is 2. The summed E-state index contributed by atoms with van der Waals surface area (Å²) in [6.45, 7) is 1.79. The van der Waals surface area contributed by atoms with Crippen molar-refractivity contribution in [2.45, 2.75) is 11.3 Å². The third kappa shape index (κ3) is 4.05. The van der Waals surface area contributed by atoms with Crippen LogP contribution < -0.4 is 10.6 Å². The molecule has 0 spiro atoms. The summed E-state index contributed by atoms with van der Waals surface area (Å²) in [6.07, 6.45) is 0. The first-order valence-electron chi connectivity index (χ1n) is 5.64. The molecule has 0 bridgehead atoms. The average molecular weight is 278 g/mol. The molecule has 16 heavy (non-hydrogen) atoms. The Kier molecular flexibility index (Phi) is 5.68. The van der Waals surface area contributed by atoms with Gasteiger partial charge in [0.2, 0.25) is 5.91 Å². The average Bonchev–Trinajstić information content (AvgIpc) is 2.38. The summed E-state index contributed by atoms with van der Waals surface area (Å²) in [5.41, 5.74) is 0.